The monoisotopic (exact) mass is 732 g/mol. The van der Waals surface area contributed by atoms with Gasteiger partial charge in [-0.3, -0.25) is 0 Å². The van der Waals surface area contributed by atoms with Crippen molar-refractivity contribution >= 4 is 53.3 Å². The maximum Gasteiger partial charge on any atom is 0.165 e. The van der Waals surface area contributed by atoms with E-state index in [0.29, 0.717) is 17.5 Å². The molecule has 11 rings (SSSR count). The molecule has 0 aliphatic heterocycles. The summed E-state index contributed by atoms with van der Waals surface area (Å²) in [6.07, 6.45) is 0. The van der Waals surface area contributed by atoms with Crippen LogP contribution in [0.2, 0.25) is 0 Å². The van der Waals surface area contributed by atoms with Gasteiger partial charge in [-0.15, -0.1) is 11.3 Å². The minimum absolute atomic E-state index is 0.629. The Morgan fingerprint density at radius 1 is 0.339 bits per heavy atom. The largest absolute Gasteiger partial charge is 0.309 e. The number of aromatic nitrogens is 4. The van der Waals surface area contributed by atoms with Gasteiger partial charge in [-0.2, -0.15) is 0 Å². The van der Waals surface area contributed by atoms with Crippen molar-refractivity contribution in [2.24, 2.45) is 0 Å². The predicted molar refractivity (Wildman–Crippen MR) is 234 cm³/mol. The second-order valence-electron chi connectivity index (χ2n) is 14.0. The number of para-hydroxylation sites is 2. The molecule has 0 spiro atoms. The molecule has 0 saturated carbocycles. The van der Waals surface area contributed by atoms with Crippen molar-refractivity contribution in [1.29, 1.82) is 0 Å². The summed E-state index contributed by atoms with van der Waals surface area (Å²) in [5, 5.41) is 4.93. The van der Waals surface area contributed by atoms with E-state index in [-0.39, 0.29) is 0 Å². The summed E-state index contributed by atoms with van der Waals surface area (Å²) in [5.74, 6) is 1.92. The van der Waals surface area contributed by atoms with Crippen molar-refractivity contribution < 1.29 is 0 Å². The zero-order valence-electron chi connectivity index (χ0n) is 30.2. The SMILES string of the molecule is c1ccc(-c2ccccc2-c2nc(-c3ccccc3-c3cccc(-n4c5ccccc5c5ccccc54)c3)nc(-c3cccc4c3sc3ccccc34)n2)cc1. The van der Waals surface area contributed by atoms with Gasteiger partial charge in [0.25, 0.3) is 0 Å². The molecule has 0 N–H and O–H groups in total. The number of fused-ring (bicyclic) bond motifs is 6. The third-order valence-corrected chi connectivity index (χ3v) is 11.9. The lowest BCUT2D eigenvalue weighted by atomic mass is 9.97. The molecule has 56 heavy (non-hydrogen) atoms. The summed E-state index contributed by atoms with van der Waals surface area (Å²) in [5.41, 5.74) is 10.7. The average Bonchev–Trinajstić information content (AvgIpc) is 3.83. The fraction of sp³-hybridized carbons (Fsp3) is 0. The third-order valence-electron chi connectivity index (χ3n) is 10.7. The minimum Gasteiger partial charge on any atom is -0.309 e. The quantitative estimate of drug-likeness (QED) is 0.171. The lowest BCUT2D eigenvalue weighted by molar-refractivity contribution is 1.08. The van der Waals surface area contributed by atoms with Crippen molar-refractivity contribution in [1.82, 2.24) is 19.5 Å². The molecule has 0 amide bonds. The molecule has 8 aromatic carbocycles. The number of thiophene rings is 1. The van der Waals surface area contributed by atoms with E-state index in [4.69, 9.17) is 15.0 Å². The molecule has 0 fully saturated rings. The summed E-state index contributed by atoms with van der Waals surface area (Å²) >= 11 is 1.79. The summed E-state index contributed by atoms with van der Waals surface area (Å²) in [4.78, 5) is 16.0. The predicted octanol–water partition coefficient (Wildman–Crippen LogP) is 13.7. The van der Waals surface area contributed by atoms with E-state index >= 15 is 0 Å². The van der Waals surface area contributed by atoms with Gasteiger partial charge in [0.15, 0.2) is 17.5 Å². The maximum atomic E-state index is 5.34. The van der Waals surface area contributed by atoms with Gasteiger partial charge in [-0.05, 0) is 58.7 Å². The van der Waals surface area contributed by atoms with E-state index in [2.05, 4.69) is 193 Å². The molecule has 0 radical (unpaired) electrons. The lowest BCUT2D eigenvalue weighted by Crippen LogP contribution is -2.02. The Bertz CT molecular complexity index is 3210. The first kappa shape index (κ1) is 32.2. The summed E-state index contributed by atoms with van der Waals surface area (Å²) in [6.45, 7) is 0. The molecule has 11 aromatic rings. The van der Waals surface area contributed by atoms with E-state index < -0.39 is 0 Å². The first-order valence-corrected chi connectivity index (χ1v) is 19.6. The van der Waals surface area contributed by atoms with Crippen LogP contribution in [-0.2, 0) is 0 Å². The molecular weight excluding hydrogens is 701 g/mol. The summed E-state index contributed by atoms with van der Waals surface area (Å²) < 4.78 is 4.77. The van der Waals surface area contributed by atoms with Gasteiger partial charge < -0.3 is 4.57 Å². The number of nitrogens with zero attached hydrogens (tertiary/aromatic N) is 4. The standard InChI is InChI=1S/C51H32N4S/c1-2-16-33(17-3-1)36-20-4-6-25-42(36)49-52-50(54-51(53-49)44-28-15-27-41-40-24-10-13-31-47(40)56-48(41)44)43-26-7-5-21-37(43)34-18-14-19-35(32-34)55-45-29-11-8-22-38(45)39-23-9-12-30-46(39)55/h1-32H. The first-order valence-electron chi connectivity index (χ1n) is 18.8. The van der Waals surface area contributed by atoms with Crippen molar-refractivity contribution in [2.75, 3.05) is 0 Å². The van der Waals surface area contributed by atoms with Crippen LogP contribution in [-0.4, -0.2) is 19.5 Å². The number of rotatable bonds is 6. The van der Waals surface area contributed by atoms with Crippen molar-refractivity contribution in [3.63, 3.8) is 0 Å². The average molecular weight is 733 g/mol. The van der Waals surface area contributed by atoms with Gasteiger partial charge in [0.2, 0.25) is 0 Å². The van der Waals surface area contributed by atoms with Crippen LogP contribution in [0.5, 0.6) is 0 Å². The Labute approximate surface area is 327 Å². The number of hydrogen-bond donors (Lipinski definition) is 0. The smallest absolute Gasteiger partial charge is 0.165 e. The van der Waals surface area contributed by atoms with Crippen LogP contribution in [0.1, 0.15) is 0 Å². The van der Waals surface area contributed by atoms with Crippen LogP contribution < -0.4 is 0 Å². The van der Waals surface area contributed by atoms with Crippen LogP contribution in [0.15, 0.2) is 194 Å². The number of benzene rings is 8. The molecule has 0 atom stereocenters. The van der Waals surface area contributed by atoms with Crippen LogP contribution in [0.4, 0.5) is 0 Å². The van der Waals surface area contributed by atoms with Crippen LogP contribution >= 0.6 is 11.3 Å². The fourth-order valence-corrected chi connectivity index (χ4v) is 9.36. The zero-order chi connectivity index (χ0) is 37.0. The fourth-order valence-electron chi connectivity index (χ4n) is 8.15. The summed E-state index contributed by atoms with van der Waals surface area (Å²) in [7, 11) is 0. The molecule has 0 unspecified atom stereocenters. The number of hydrogen-bond acceptors (Lipinski definition) is 4. The van der Waals surface area contributed by atoms with Gasteiger partial charge >= 0.3 is 0 Å². The van der Waals surface area contributed by atoms with E-state index in [1.54, 1.807) is 11.3 Å². The van der Waals surface area contributed by atoms with Crippen LogP contribution in [0.25, 0.3) is 104 Å². The van der Waals surface area contributed by atoms with E-state index in [1.807, 2.05) is 6.07 Å². The summed E-state index contributed by atoms with van der Waals surface area (Å²) in [6, 6.07) is 68.5. The molecule has 3 aromatic heterocycles. The first-order chi connectivity index (χ1) is 27.8. The normalized spacial score (nSPS) is 11.6. The van der Waals surface area contributed by atoms with Gasteiger partial charge in [0, 0.05) is 53.3 Å². The molecular formula is C51H32N4S. The van der Waals surface area contributed by atoms with Gasteiger partial charge in [-0.1, -0.05) is 158 Å². The highest BCUT2D eigenvalue weighted by Crippen LogP contribution is 2.41. The van der Waals surface area contributed by atoms with E-state index in [0.717, 1.165) is 44.6 Å². The highest BCUT2D eigenvalue weighted by atomic mass is 32.1. The Kier molecular flexibility index (Phi) is 7.64. The Morgan fingerprint density at radius 3 is 1.48 bits per heavy atom. The molecule has 0 aliphatic carbocycles. The van der Waals surface area contributed by atoms with Crippen molar-refractivity contribution in [3.05, 3.63) is 194 Å². The van der Waals surface area contributed by atoms with Gasteiger partial charge in [0.05, 0.1) is 11.0 Å². The van der Waals surface area contributed by atoms with Crippen LogP contribution in [0, 0.1) is 0 Å². The van der Waals surface area contributed by atoms with Gasteiger partial charge in [-0.25, -0.2) is 15.0 Å². The lowest BCUT2D eigenvalue weighted by Gasteiger charge is -2.15. The molecule has 5 heteroatoms. The Morgan fingerprint density at radius 2 is 0.804 bits per heavy atom. The highest BCUT2D eigenvalue weighted by molar-refractivity contribution is 7.26. The molecule has 3 heterocycles. The molecule has 0 bridgehead atoms. The molecule has 0 saturated heterocycles. The van der Waals surface area contributed by atoms with Gasteiger partial charge in [0.1, 0.15) is 0 Å². The Balaban J connectivity index is 1.13. The third kappa shape index (κ3) is 5.32. The molecule has 0 aliphatic rings. The van der Waals surface area contributed by atoms with Crippen LogP contribution in [0.3, 0.4) is 0 Å². The Hall–Kier alpha value is -7.21. The van der Waals surface area contributed by atoms with E-state index in [9.17, 15) is 0 Å². The maximum absolute atomic E-state index is 5.34. The topological polar surface area (TPSA) is 43.6 Å². The second kappa shape index (κ2) is 13.3. The zero-order valence-corrected chi connectivity index (χ0v) is 31.0. The molecule has 4 nitrogen and oxygen atoms in total. The minimum atomic E-state index is 0.629. The highest BCUT2D eigenvalue weighted by Gasteiger charge is 2.20. The van der Waals surface area contributed by atoms with Crippen molar-refractivity contribution in [3.8, 4) is 62.1 Å². The van der Waals surface area contributed by atoms with E-state index in [1.165, 1.54) is 42.0 Å². The molecule has 262 valence electrons. The second-order valence-corrected chi connectivity index (χ2v) is 15.0. The van der Waals surface area contributed by atoms with Crippen molar-refractivity contribution in [2.45, 2.75) is 0 Å².